The summed E-state index contributed by atoms with van der Waals surface area (Å²) in [5.74, 6) is 0.771. The van der Waals surface area contributed by atoms with Gasteiger partial charge < -0.3 is 15.2 Å². The van der Waals surface area contributed by atoms with Gasteiger partial charge in [-0.3, -0.25) is 9.59 Å². The summed E-state index contributed by atoms with van der Waals surface area (Å²) in [6.45, 7) is 4.30. The Morgan fingerprint density at radius 1 is 1.14 bits per heavy atom. The number of rotatable bonds is 4. The minimum atomic E-state index is -0.417. The number of hydrogen-bond donors (Lipinski definition) is 2. The first-order valence-electron chi connectivity index (χ1n) is 9.93. The van der Waals surface area contributed by atoms with E-state index in [0.717, 1.165) is 41.0 Å². The van der Waals surface area contributed by atoms with Gasteiger partial charge in [0.1, 0.15) is 11.9 Å². The van der Waals surface area contributed by atoms with Crippen molar-refractivity contribution in [1.29, 1.82) is 0 Å². The van der Waals surface area contributed by atoms with Gasteiger partial charge in [-0.05, 0) is 48.6 Å². The standard InChI is InChI=1S/C23H22N4O2/c1-14-6-10-20(22(28)24-14)27-13-16-12-15(7-9-17(16)23(27)29)8-11-21-25-18-4-2-3-5-19(18)26-21/h2-5,7,9,12,20H,1,6,8,10-11,13H2,(H,24,28)(H,25,26). The number of piperidine rings is 1. The van der Waals surface area contributed by atoms with Crippen LogP contribution in [0.3, 0.4) is 0 Å². The van der Waals surface area contributed by atoms with Crippen molar-refractivity contribution >= 4 is 22.8 Å². The molecule has 1 saturated heterocycles. The highest BCUT2D eigenvalue weighted by molar-refractivity contribution is 6.01. The van der Waals surface area contributed by atoms with E-state index < -0.39 is 6.04 Å². The first kappa shape index (κ1) is 17.7. The van der Waals surface area contributed by atoms with Crippen molar-refractivity contribution in [3.05, 3.63) is 77.3 Å². The molecule has 3 aromatic rings. The fraction of sp³-hybridized carbons (Fsp3) is 0.261. The van der Waals surface area contributed by atoms with E-state index in [1.165, 1.54) is 5.56 Å². The maximum atomic E-state index is 12.8. The molecule has 3 heterocycles. The SMILES string of the molecule is C=C1CCC(N2Cc3cc(CCc4nc5ccccc5[nH]4)ccc3C2=O)C(=O)N1. The lowest BCUT2D eigenvalue weighted by molar-refractivity contribution is -0.126. The Bertz CT molecular complexity index is 1110. The molecule has 0 spiro atoms. The minimum absolute atomic E-state index is 0.0588. The van der Waals surface area contributed by atoms with E-state index in [1.807, 2.05) is 36.4 Å². The predicted octanol–water partition coefficient (Wildman–Crippen LogP) is 3.10. The van der Waals surface area contributed by atoms with Gasteiger partial charge in [0.2, 0.25) is 5.91 Å². The molecule has 6 nitrogen and oxygen atoms in total. The molecule has 0 aliphatic carbocycles. The summed E-state index contributed by atoms with van der Waals surface area (Å²) >= 11 is 0. The number of aryl methyl sites for hydroxylation is 2. The third kappa shape index (κ3) is 3.20. The first-order chi connectivity index (χ1) is 14.1. The molecule has 1 atom stereocenters. The quantitative estimate of drug-likeness (QED) is 0.723. The first-order valence-corrected chi connectivity index (χ1v) is 9.93. The Kier molecular flexibility index (Phi) is 4.19. The van der Waals surface area contributed by atoms with E-state index in [9.17, 15) is 9.59 Å². The number of nitrogens with one attached hydrogen (secondary N) is 2. The van der Waals surface area contributed by atoms with Gasteiger partial charge in [0.05, 0.1) is 11.0 Å². The van der Waals surface area contributed by atoms with Gasteiger partial charge >= 0.3 is 0 Å². The van der Waals surface area contributed by atoms with Crippen LogP contribution in [0.1, 0.15) is 40.2 Å². The van der Waals surface area contributed by atoms with E-state index in [-0.39, 0.29) is 11.8 Å². The number of allylic oxidation sites excluding steroid dienone is 1. The van der Waals surface area contributed by atoms with Gasteiger partial charge in [0, 0.05) is 24.2 Å². The third-order valence-corrected chi connectivity index (χ3v) is 5.79. The molecule has 2 aromatic carbocycles. The van der Waals surface area contributed by atoms with Crippen LogP contribution in [0, 0.1) is 0 Å². The highest BCUT2D eigenvalue weighted by Gasteiger charge is 2.38. The molecule has 0 bridgehead atoms. The Balaban J connectivity index is 1.30. The number of H-pyrrole nitrogens is 1. The van der Waals surface area contributed by atoms with Gasteiger partial charge in [-0.2, -0.15) is 0 Å². The fourth-order valence-corrected chi connectivity index (χ4v) is 4.25. The molecule has 0 radical (unpaired) electrons. The molecular weight excluding hydrogens is 364 g/mol. The van der Waals surface area contributed by atoms with E-state index in [4.69, 9.17) is 0 Å². The summed E-state index contributed by atoms with van der Waals surface area (Å²) in [4.78, 5) is 34.8. The number of imidazole rings is 1. The summed E-state index contributed by atoms with van der Waals surface area (Å²) in [7, 11) is 0. The molecule has 6 heteroatoms. The lowest BCUT2D eigenvalue weighted by Crippen LogP contribution is -2.49. The zero-order valence-electron chi connectivity index (χ0n) is 16.1. The smallest absolute Gasteiger partial charge is 0.255 e. The lowest BCUT2D eigenvalue weighted by Gasteiger charge is -2.30. The van der Waals surface area contributed by atoms with E-state index in [2.05, 4.69) is 27.9 Å². The maximum Gasteiger partial charge on any atom is 0.255 e. The molecule has 1 unspecified atom stereocenters. The molecule has 2 aliphatic heterocycles. The highest BCUT2D eigenvalue weighted by Crippen LogP contribution is 2.29. The normalized spacial score (nSPS) is 19.0. The molecule has 2 amide bonds. The average molecular weight is 386 g/mol. The second kappa shape index (κ2) is 6.88. The van der Waals surface area contributed by atoms with Gasteiger partial charge in [-0.1, -0.05) is 30.8 Å². The molecule has 146 valence electrons. The highest BCUT2D eigenvalue weighted by atomic mass is 16.2. The Morgan fingerprint density at radius 2 is 2.00 bits per heavy atom. The van der Waals surface area contributed by atoms with Crippen molar-refractivity contribution in [3.8, 4) is 0 Å². The predicted molar refractivity (Wildman–Crippen MR) is 110 cm³/mol. The van der Waals surface area contributed by atoms with Crippen LogP contribution in [0.4, 0.5) is 0 Å². The molecule has 29 heavy (non-hydrogen) atoms. The third-order valence-electron chi connectivity index (χ3n) is 5.79. The average Bonchev–Trinajstić information content (AvgIpc) is 3.27. The fourth-order valence-electron chi connectivity index (χ4n) is 4.25. The minimum Gasteiger partial charge on any atom is -0.342 e. The summed E-state index contributed by atoms with van der Waals surface area (Å²) in [6.07, 6.45) is 2.98. The Morgan fingerprint density at radius 3 is 2.83 bits per heavy atom. The van der Waals surface area contributed by atoms with Crippen molar-refractivity contribution in [2.24, 2.45) is 0 Å². The Hall–Kier alpha value is -3.41. The molecule has 2 aliphatic rings. The van der Waals surface area contributed by atoms with E-state index in [0.29, 0.717) is 24.9 Å². The number of amides is 2. The number of nitrogens with zero attached hydrogens (tertiary/aromatic N) is 2. The van der Waals surface area contributed by atoms with E-state index in [1.54, 1.807) is 4.90 Å². The molecule has 0 saturated carbocycles. The summed E-state index contributed by atoms with van der Waals surface area (Å²) in [5.41, 5.74) is 5.62. The van der Waals surface area contributed by atoms with Crippen molar-refractivity contribution in [2.75, 3.05) is 0 Å². The number of hydrogen-bond acceptors (Lipinski definition) is 3. The van der Waals surface area contributed by atoms with Crippen LogP contribution in [-0.4, -0.2) is 32.7 Å². The van der Waals surface area contributed by atoms with Crippen molar-refractivity contribution in [2.45, 2.75) is 38.3 Å². The number of carbonyl (C=O) groups excluding carboxylic acids is 2. The van der Waals surface area contributed by atoms with Gasteiger partial charge in [-0.15, -0.1) is 0 Å². The molecular formula is C23H22N4O2. The monoisotopic (exact) mass is 386 g/mol. The number of aromatic amines is 1. The number of aromatic nitrogens is 2. The van der Waals surface area contributed by atoms with Crippen LogP contribution < -0.4 is 5.32 Å². The maximum absolute atomic E-state index is 12.8. The van der Waals surface area contributed by atoms with Gasteiger partial charge in [-0.25, -0.2) is 4.98 Å². The van der Waals surface area contributed by atoms with Crippen molar-refractivity contribution in [1.82, 2.24) is 20.2 Å². The zero-order chi connectivity index (χ0) is 20.0. The van der Waals surface area contributed by atoms with Crippen molar-refractivity contribution in [3.63, 3.8) is 0 Å². The summed E-state index contributed by atoms with van der Waals surface area (Å²) in [6, 6.07) is 13.6. The van der Waals surface area contributed by atoms with Crippen LogP contribution in [0.5, 0.6) is 0 Å². The summed E-state index contributed by atoms with van der Waals surface area (Å²) in [5, 5.41) is 2.78. The second-order valence-corrected chi connectivity index (χ2v) is 7.77. The van der Waals surface area contributed by atoms with Crippen molar-refractivity contribution < 1.29 is 9.59 Å². The molecule has 1 aromatic heterocycles. The largest absolute Gasteiger partial charge is 0.342 e. The second-order valence-electron chi connectivity index (χ2n) is 7.77. The number of fused-ring (bicyclic) bond motifs is 2. The topological polar surface area (TPSA) is 78.1 Å². The summed E-state index contributed by atoms with van der Waals surface area (Å²) < 4.78 is 0. The number of carbonyl (C=O) groups is 2. The van der Waals surface area contributed by atoms with Crippen LogP contribution in [0.2, 0.25) is 0 Å². The van der Waals surface area contributed by atoms with Crippen LogP contribution in [0.25, 0.3) is 11.0 Å². The lowest BCUT2D eigenvalue weighted by atomic mass is 10.0. The number of para-hydroxylation sites is 2. The zero-order valence-corrected chi connectivity index (χ0v) is 16.1. The van der Waals surface area contributed by atoms with Crippen LogP contribution in [0.15, 0.2) is 54.7 Å². The van der Waals surface area contributed by atoms with Gasteiger partial charge in [0.15, 0.2) is 0 Å². The van der Waals surface area contributed by atoms with Crippen LogP contribution >= 0.6 is 0 Å². The molecule has 1 fully saturated rings. The van der Waals surface area contributed by atoms with Gasteiger partial charge in [0.25, 0.3) is 5.91 Å². The molecule has 5 rings (SSSR count). The number of benzene rings is 2. The Labute approximate surface area is 168 Å². The van der Waals surface area contributed by atoms with Crippen LogP contribution in [-0.2, 0) is 24.2 Å². The van der Waals surface area contributed by atoms with E-state index >= 15 is 0 Å². The molecule has 2 N–H and O–H groups in total.